The van der Waals surface area contributed by atoms with Gasteiger partial charge in [-0.15, -0.1) is 0 Å². The van der Waals surface area contributed by atoms with Gasteiger partial charge in [-0.05, 0) is 13.0 Å². The third-order valence-corrected chi connectivity index (χ3v) is 3.37. The van der Waals surface area contributed by atoms with E-state index in [1.54, 1.807) is 31.2 Å². The van der Waals surface area contributed by atoms with Gasteiger partial charge in [0, 0.05) is 5.56 Å². The molecule has 0 aliphatic carbocycles. The molecule has 0 spiro atoms. The average Bonchev–Trinajstić information content (AvgIpc) is 2.52. The van der Waals surface area contributed by atoms with Crippen molar-refractivity contribution in [3.05, 3.63) is 29.8 Å². The van der Waals surface area contributed by atoms with Crippen molar-refractivity contribution in [1.29, 1.82) is 0 Å². The summed E-state index contributed by atoms with van der Waals surface area (Å²) in [5, 5.41) is 0. The molecule has 1 heterocycles. The van der Waals surface area contributed by atoms with E-state index in [-0.39, 0.29) is 13.2 Å². The van der Waals surface area contributed by atoms with E-state index in [1.165, 1.54) is 4.90 Å². The molecule has 4 nitrogen and oxygen atoms in total. The first-order valence-corrected chi connectivity index (χ1v) is 6.19. The Kier molecular flexibility index (Phi) is 3.50. The number of hydrogen-bond donors (Lipinski definition) is 0. The number of rotatable bonds is 3. The highest BCUT2D eigenvalue weighted by Crippen LogP contribution is 2.47. The molecule has 0 saturated heterocycles. The molecule has 1 aliphatic heterocycles. The highest BCUT2D eigenvalue weighted by atomic mass is 35.5. The molecule has 0 saturated carbocycles. The Bertz CT molecular complexity index is 502. The van der Waals surface area contributed by atoms with Crippen LogP contribution >= 0.6 is 23.2 Å². The lowest BCUT2D eigenvalue weighted by atomic mass is 10.1. The van der Waals surface area contributed by atoms with Crippen LogP contribution in [0.15, 0.2) is 24.3 Å². The lowest BCUT2D eigenvalue weighted by Crippen LogP contribution is -2.37. The minimum atomic E-state index is -1.64. The van der Waals surface area contributed by atoms with Crippen molar-refractivity contribution in [1.82, 2.24) is 0 Å². The second-order valence-corrected chi connectivity index (χ2v) is 5.12. The number of benzene rings is 1. The Morgan fingerprint density at radius 1 is 1.39 bits per heavy atom. The quantitative estimate of drug-likeness (QED) is 0.633. The molecule has 96 valence electrons. The van der Waals surface area contributed by atoms with Crippen LogP contribution in [-0.4, -0.2) is 25.0 Å². The molecule has 0 bridgehead atoms. The van der Waals surface area contributed by atoms with E-state index in [1.807, 2.05) is 0 Å². The summed E-state index contributed by atoms with van der Waals surface area (Å²) in [5.41, 5.74) is 1.03. The topological polar surface area (TPSA) is 46.6 Å². The second-order valence-electron chi connectivity index (χ2n) is 3.79. The van der Waals surface area contributed by atoms with Crippen molar-refractivity contribution in [3.63, 3.8) is 0 Å². The smallest absolute Gasteiger partial charge is 0.326 e. The lowest BCUT2D eigenvalue weighted by Gasteiger charge is -2.17. The molecule has 0 N–H and O–H groups in total. The Labute approximate surface area is 114 Å². The normalized spacial score (nSPS) is 16.6. The van der Waals surface area contributed by atoms with Gasteiger partial charge in [-0.25, -0.2) is 0 Å². The van der Waals surface area contributed by atoms with Crippen LogP contribution in [0.5, 0.6) is 0 Å². The largest absolute Gasteiger partial charge is 0.465 e. The number of nitrogens with zero attached hydrogens (tertiary/aromatic N) is 1. The third-order valence-electron chi connectivity index (χ3n) is 2.64. The van der Waals surface area contributed by atoms with Crippen LogP contribution in [-0.2, 0) is 18.7 Å². The molecule has 0 fully saturated rings. The van der Waals surface area contributed by atoms with E-state index in [0.717, 1.165) is 0 Å². The summed E-state index contributed by atoms with van der Waals surface area (Å²) < 4.78 is 3.18. The van der Waals surface area contributed by atoms with Crippen LogP contribution in [0.25, 0.3) is 0 Å². The summed E-state index contributed by atoms with van der Waals surface area (Å²) in [5.74, 6) is -1.02. The highest BCUT2D eigenvalue weighted by Gasteiger charge is 2.48. The molecule has 18 heavy (non-hydrogen) atoms. The Morgan fingerprint density at radius 3 is 2.72 bits per heavy atom. The van der Waals surface area contributed by atoms with Crippen molar-refractivity contribution >= 4 is 40.8 Å². The van der Waals surface area contributed by atoms with Gasteiger partial charge in [-0.1, -0.05) is 41.4 Å². The van der Waals surface area contributed by atoms with E-state index in [0.29, 0.717) is 11.3 Å². The first-order valence-electron chi connectivity index (χ1n) is 5.43. The summed E-state index contributed by atoms with van der Waals surface area (Å²) in [7, 11) is 0. The number of carbonyl (C=O) groups excluding carboxylic acids is 2. The predicted octanol–water partition coefficient (Wildman–Crippen LogP) is 2.23. The average molecular weight is 288 g/mol. The van der Waals surface area contributed by atoms with Crippen molar-refractivity contribution in [2.24, 2.45) is 0 Å². The van der Waals surface area contributed by atoms with Gasteiger partial charge in [0.1, 0.15) is 6.54 Å². The zero-order valence-electron chi connectivity index (χ0n) is 9.65. The summed E-state index contributed by atoms with van der Waals surface area (Å²) in [6.07, 6.45) is 0. The van der Waals surface area contributed by atoms with Gasteiger partial charge in [0.25, 0.3) is 5.91 Å². The van der Waals surface area contributed by atoms with E-state index in [4.69, 9.17) is 27.9 Å². The standard InChI is InChI=1S/C12H11Cl2NO3/c1-2-18-10(16)7-15-9-6-4-3-5-8(9)12(13,14)11(15)17/h3-6H,2,7H2,1H3. The summed E-state index contributed by atoms with van der Waals surface area (Å²) in [4.78, 5) is 24.8. The molecular formula is C12H11Cl2NO3. The Morgan fingerprint density at radius 2 is 2.06 bits per heavy atom. The van der Waals surface area contributed by atoms with Crippen LogP contribution in [0.4, 0.5) is 5.69 Å². The van der Waals surface area contributed by atoms with Gasteiger partial charge in [0.2, 0.25) is 4.33 Å². The van der Waals surface area contributed by atoms with Gasteiger partial charge in [0.05, 0.1) is 12.3 Å². The molecule has 0 atom stereocenters. The number of anilines is 1. The molecule has 1 aromatic carbocycles. The van der Waals surface area contributed by atoms with Crippen LogP contribution < -0.4 is 4.90 Å². The Hall–Kier alpha value is -1.26. The molecular weight excluding hydrogens is 277 g/mol. The van der Waals surface area contributed by atoms with Crippen LogP contribution in [0.1, 0.15) is 12.5 Å². The molecule has 2 rings (SSSR count). The Balaban J connectivity index is 2.33. The molecule has 1 aliphatic rings. The second kappa shape index (κ2) is 4.78. The molecule has 0 unspecified atom stereocenters. The minimum absolute atomic E-state index is 0.190. The van der Waals surface area contributed by atoms with E-state index in [2.05, 4.69) is 0 Å². The zero-order valence-corrected chi connectivity index (χ0v) is 11.2. The fourth-order valence-corrected chi connectivity index (χ4v) is 2.38. The van der Waals surface area contributed by atoms with E-state index < -0.39 is 16.2 Å². The third kappa shape index (κ3) is 2.06. The zero-order chi connectivity index (χ0) is 13.3. The van der Waals surface area contributed by atoms with Crippen molar-refractivity contribution in [2.75, 3.05) is 18.1 Å². The van der Waals surface area contributed by atoms with E-state index >= 15 is 0 Å². The summed E-state index contributed by atoms with van der Waals surface area (Å²) >= 11 is 12.1. The minimum Gasteiger partial charge on any atom is -0.465 e. The molecule has 1 amide bonds. The fourth-order valence-electron chi connectivity index (χ4n) is 1.86. The monoisotopic (exact) mass is 287 g/mol. The number of alkyl halides is 2. The lowest BCUT2D eigenvalue weighted by molar-refractivity contribution is -0.142. The highest BCUT2D eigenvalue weighted by molar-refractivity contribution is 6.60. The van der Waals surface area contributed by atoms with Crippen molar-refractivity contribution in [3.8, 4) is 0 Å². The molecule has 0 aromatic heterocycles. The predicted molar refractivity (Wildman–Crippen MR) is 68.8 cm³/mol. The first-order chi connectivity index (χ1) is 8.48. The number of esters is 1. The molecule has 6 heteroatoms. The fraction of sp³-hybridized carbons (Fsp3) is 0.333. The van der Waals surface area contributed by atoms with E-state index in [9.17, 15) is 9.59 Å². The molecule has 1 aromatic rings. The van der Waals surface area contributed by atoms with Gasteiger partial charge in [0.15, 0.2) is 0 Å². The van der Waals surface area contributed by atoms with Crippen molar-refractivity contribution in [2.45, 2.75) is 11.3 Å². The number of ether oxygens (including phenoxy) is 1. The summed E-state index contributed by atoms with van der Waals surface area (Å²) in [6.45, 7) is 1.77. The number of para-hydroxylation sites is 1. The van der Waals surface area contributed by atoms with Gasteiger partial charge in [-0.3, -0.25) is 14.5 Å². The van der Waals surface area contributed by atoms with Gasteiger partial charge in [-0.2, -0.15) is 0 Å². The summed E-state index contributed by atoms with van der Waals surface area (Å²) in [6, 6.07) is 6.84. The van der Waals surface area contributed by atoms with Crippen molar-refractivity contribution < 1.29 is 14.3 Å². The number of fused-ring (bicyclic) bond motifs is 1. The number of carbonyl (C=O) groups is 2. The van der Waals surface area contributed by atoms with Crippen LogP contribution in [0, 0.1) is 0 Å². The van der Waals surface area contributed by atoms with Crippen LogP contribution in [0.2, 0.25) is 0 Å². The molecule has 0 radical (unpaired) electrons. The van der Waals surface area contributed by atoms with Gasteiger partial charge < -0.3 is 4.74 Å². The first kappa shape index (κ1) is 13.2. The maximum absolute atomic E-state index is 12.1. The SMILES string of the molecule is CCOC(=O)CN1C(=O)C(Cl)(Cl)c2ccccc21. The number of hydrogen-bond acceptors (Lipinski definition) is 3. The number of halogens is 2. The number of amides is 1. The maximum atomic E-state index is 12.1. The maximum Gasteiger partial charge on any atom is 0.326 e. The van der Waals surface area contributed by atoms with Crippen LogP contribution in [0.3, 0.4) is 0 Å². The van der Waals surface area contributed by atoms with Gasteiger partial charge >= 0.3 is 5.97 Å².